The molecule has 0 atom stereocenters. The molecule has 2 aromatic rings. The van der Waals surface area contributed by atoms with Gasteiger partial charge in [-0.25, -0.2) is 0 Å². The van der Waals surface area contributed by atoms with Crippen molar-refractivity contribution in [3.8, 4) is 0 Å². The standard InChI is InChI=1S/C21H26IN3O2/c1-16-7-8-18(13-19(16)22)23-21(26)15-24(2)14-17-5-3-4-6-20(17)25-9-11-27-12-10-25/h3-8,13H,9-12,14-15H2,1-2H3,(H,23,26). The van der Waals surface area contributed by atoms with E-state index in [0.717, 1.165) is 42.1 Å². The summed E-state index contributed by atoms with van der Waals surface area (Å²) < 4.78 is 6.61. The topological polar surface area (TPSA) is 44.8 Å². The first-order valence-electron chi connectivity index (χ1n) is 9.18. The fourth-order valence-corrected chi connectivity index (χ4v) is 3.74. The van der Waals surface area contributed by atoms with Crippen LogP contribution in [0.25, 0.3) is 0 Å². The predicted molar refractivity (Wildman–Crippen MR) is 118 cm³/mol. The van der Waals surface area contributed by atoms with E-state index in [4.69, 9.17) is 4.74 Å². The Labute approximate surface area is 174 Å². The van der Waals surface area contributed by atoms with Crippen molar-refractivity contribution in [3.63, 3.8) is 0 Å². The van der Waals surface area contributed by atoms with Gasteiger partial charge in [-0.15, -0.1) is 0 Å². The molecule has 1 saturated heterocycles. The highest BCUT2D eigenvalue weighted by Crippen LogP contribution is 2.23. The first-order valence-corrected chi connectivity index (χ1v) is 10.3. The Kier molecular flexibility index (Phi) is 7.09. The van der Waals surface area contributed by atoms with Gasteiger partial charge in [0, 0.05) is 34.6 Å². The molecule has 144 valence electrons. The summed E-state index contributed by atoms with van der Waals surface area (Å²) in [4.78, 5) is 16.8. The van der Waals surface area contributed by atoms with E-state index in [1.807, 2.05) is 30.1 Å². The van der Waals surface area contributed by atoms with E-state index in [2.05, 4.69) is 64.0 Å². The maximum absolute atomic E-state index is 12.4. The van der Waals surface area contributed by atoms with Gasteiger partial charge in [0.2, 0.25) is 5.91 Å². The van der Waals surface area contributed by atoms with Crippen LogP contribution in [-0.4, -0.2) is 50.7 Å². The Hall–Kier alpha value is -1.64. The summed E-state index contributed by atoms with van der Waals surface area (Å²) in [5.74, 6) is 0.000932. The first-order chi connectivity index (χ1) is 13.0. The van der Waals surface area contributed by atoms with E-state index < -0.39 is 0 Å². The summed E-state index contributed by atoms with van der Waals surface area (Å²) in [6.07, 6.45) is 0. The van der Waals surface area contributed by atoms with Crippen molar-refractivity contribution >= 4 is 39.9 Å². The molecule has 1 aliphatic rings. The number of carbonyl (C=O) groups is 1. The largest absolute Gasteiger partial charge is 0.378 e. The molecular weight excluding hydrogens is 453 g/mol. The number of nitrogens with zero attached hydrogens (tertiary/aromatic N) is 2. The molecule has 6 heteroatoms. The van der Waals surface area contributed by atoms with Crippen molar-refractivity contribution in [1.82, 2.24) is 4.90 Å². The monoisotopic (exact) mass is 479 g/mol. The molecule has 0 saturated carbocycles. The fourth-order valence-electron chi connectivity index (χ4n) is 3.22. The number of morpholine rings is 1. The molecule has 0 spiro atoms. The second kappa shape index (κ2) is 9.52. The van der Waals surface area contributed by atoms with Gasteiger partial charge in [-0.05, 0) is 65.9 Å². The number of aryl methyl sites for hydroxylation is 1. The van der Waals surface area contributed by atoms with Gasteiger partial charge in [-0.1, -0.05) is 24.3 Å². The van der Waals surface area contributed by atoms with Gasteiger partial charge < -0.3 is 15.0 Å². The van der Waals surface area contributed by atoms with Crippen LogP contribution in [0.15, 0.2) is 42.5 Å². The highest BCUT2D eigenvalue weighted by Gasteiger charge is 2.16. The summed E-state index contributed by atoms with van der Waals surface area (Å²) in [6.45, 7) is 6.49. The number of halogens is 1. The van der Waals surface area contributed by atoms with Crippen molar-refractivity contribution in [2.75, 3.05) is 50.1 Å². The Bertz CT molecular complexity index is 791. The highest BCUT2D eigenvalue weighted by atomic mass is 127. The van der Waals surface area contributed by atoms with Crippen LogP contribution in [0.1, 0.15) is 11.1 Å². The third-order valence-electron chi connectivity index (χ3n) is 4.65. The van der Waals surface area contributed by atoms with E-state index in [0.29, 0.717) is 6.54 Å². The number of amides is 1. The summed E-state index contributed by atoms with van der Waals surface area (Å²) in [6, 6.07) is 14.4. The minimum Gasteiger partial charge on any atom is -0.378 e. The maximum atomic E-state index is 12.4. The SMILES string of the molecule is Cc1ccc(NC(=O)CN(C)Cc2ccccc2N2CCOCC2)cc1I. The molecule has 2 aromatic carbocycles. The lowest BCUT2D eigenvalue weighted by molar-refractivity contribution is -0.117. The van der Waals surface area contributed by atoms with Crippen LogP contribution >= 0.6 is 22.6 Å². The Morgan fingerprint density at radius 3 is 2.70 bits per heavy atom. The molecular formula is C21H26IN3O2. The van der Waals surface area contributed by atoms with Crippen LogP contribution in [0.5, 0.6) is 0 Å². The van der Waals surface area contributed by atoms with Crippen LogP contribution < -0.4 is 10.2 Å². The molecule has 27 heavy (non-hydrogen) atoms. The quantitative estimate of drug-likeness (QED) is 0.645. The number of nitrogens with one attached hydrogen (secondary N) is 1. The molecule has 3 rings (SSSR count). The molecule has 1 amide bonds. The van der Waals surface area contributed by atoms with E-state index in [9.17, 15) is 4.79 Å². The first kappa shape index (κ1) is 20.1. The van der Waals surface area contributed by atoms with Crippen LogP contribution in [0.4, 0.5) is 11.4 Å². The second-order valence-corrected chi connectivity index (χ2v) is 8.07. The average Bonchev–Trinajstić information content (AvgIpc) is 2.66. The average molecular weight is 479 g/mol. The van der Waals surface area contributed by atoms with Crippen molar-refractivity contribution in [3.05, 3.63) is 57.2 Å². The third kappa shape index (κ3) is 5.67. The summed E-state index contributed by atoms with van der Waals surface area (Å²) in [7, 11) is 1.98. The molecule has 1 N–H and O–H groups in total. The molecule has 0 aromatic heterocycles. The number of rotatable bonds is 6. The number of ether oxygens (including phenoxy) is 1. The predicted octanol–water partition coefficient (Wildman–Crippen LogP) is 3.51. The Morgan fingerprint density at radius 2 is 1.96 bits per heavy atom. The van der Waals surface area contributed by atoms with Crippen LogP contribution in [0, 0.1) is 10.5 Å². The van der Waals surface area contributed by atoms with E-state index >= 15 is 0 Å². The smallest absolute Gasteiger partial charge is 0.238 e. The van der Waals surface area contributed by atoms with Gasteiger partial charge in [0.15, 0.2) is 0 Å². The molecule has 0 unspecified atom stereocenters. The number of likely N-dealkylation sites (N-methyl/N-ethyl adjacent to an activating group) is 1. The van der Waals surface area contributed by atoms with Crippen molar-refractivity contribution in [2.45, 2.75) is 13.5 Å². The molecule has 0 aliphatic carbocycles. The summed E-state index contributed by atoms with van der Waals surface area (Å²) >= 11 is 2.29. The zero-order chi connectivity index (χ0) is 19.2. The van der Waals surface area contributed by atoms with Gasteiger partial charge in [0.1, 0.15) is 0 Å². The van der Waals surface area contributed by atoms with E-state index in [1.54, 1.807) is 0 Å². The Morgan fingerprint density at radius 1 is 1.22 bits per heavy atom. The fraction of sp³-hybridized carbons (Fsp3) is 0.381. The summed E-state index contributed by atoms with van der Waals surface area (Å²) in [5, 5.41) is 2.99. The molecule has 1 fully saturated rings. The number of para-hydroxylation sites is 1. The van der Waals surface area contributed by atoms with Gasteiger partial charge in [0.05, 0.1) is 19.8 Å². The maximum Gasteiger partial charge on any atom is 0.238 e. The molecule has 5 nitrogen and oxygen atoms in total. The number of hydrogen-bond donors (Lipinski definition) is 1. The van der Waals surface area contributed by atoms with Gasteiger partial charge in [-0.2, -0.15) is 0 Å². The minimum absolute atomic E-state index is 0.000932. The molecule has 0 bridgehead atoms. The lowest BCUT2D eigenvalue weighted by Crippen LogP contribution is -2.37. The van der Waals surface area contributed by atoms with Crippen molar-refractivity contribution in [2.24, 2.45) is 0 Å². The van der Waals surface area contributed by atoms with E-state index in [-0.39, 0.29) is 5.91 Å². The lowest BCUT2D eigenvalue weighted by Gasteiger charge is -2.31. The highest BCUT2D eigenvalue weighted by molar-refractivity contribution is 14.1. The third-order valence-corrected chi connectivity index (χ3v) is 5.81. The number of benzene rings is 2. The number of carbonyl (C=O) groups excluding carboxylic acids is 1. The molecule has 1 heterocycles. The number of anilines is 2. The molecule has 0 radical (unpaired) electrons. The van der Waals surface area contributed by atoms with Crippen LogP contribution in [-0.2, 0) is 16.1 Å². The van der Waals surface area contributed by atoms with Gasteiger partial charge >= 0.3 is 0 Å². The van der Waals surface area contributed by atoms with Gasteiger partial charge in [0.25, 0.3) is 0 Å². The minimum atomic E-state index is 0.000932. The van der Waals surface area contributed by atoms with Crippen molar-refractivity contribution < 1.29 is 9.53 Å². The lowest BCUT2D eigenvalue weighted by atomic mass is 10.1. The molecule has 1 aliphatic heterocycles. The van der Waals surface area contributed by atoms with Crippen LogP contribution in [0.3, 0.4) is 0 Å². The number of hydrogen-bond acceptors (Lipinski definition) is 4. The zero-order valence-corrected chi connectivity index (χ0v) is 18.0. The Balaban J connectivity index is 1.59. The van der Waals surface area contributed by atoms with Gasteiger partial charge in [-0.3, -0.25) is 9.69 Å². The van der Waals surface area contributed by atoms with Crippen molar-refractivity contribution in [1.29, 1.82) is 0 Å². The second-order valence-electron chi connectivity index (χ2n) is 6.91. The zero-order valence-electron chi connectivity index (χ0n) is 15.9. The van der Waals surface area contributed by atoms with Crippen LogP contribution in [0.2, 0.25) is 0 Å². The van der Waals surface area contributed by atoms with E-state index in [1.165, 1.54) is 16.8 Å². The normalized spacial score (nSPS) is 14.4. The summed E-state index contributed by atoms with van der Waals surface area (Å²) in [5.41, 5.74) is 4.53.